The predicted octanol–water partition coefficient (Wildman–Crippen LogP) is 3.97. The molecule has 2 amide bonds. The highest BCUT2D eigenvalue weighted by Gasteiger charge is 2.34. The number of carbonyl (C=O) groups is 2. The van der Waals surface area contributed by atoms with Crippen molar-refractivity contribution in [1.29, 1.82) is 0 Å². The van der Waals surface area contributed by atoms with E-state index in [1.165, 1.54) is 50.2 Å². The molecule has 0 bridgehead atoms. The van der Waals surface area contributed by atoms with Crippen molar-refractivity contribution in [3.05, 3.63) is 93.5 Å². The van der Waals surface area contributed by atoms with Crippen LogP contribution in [-0.2, 0) is 26.2 Å². The van der Waals surface area contributed by atoms with E-state index in [0.717, 1.165) is 21.5 Å². The lowest BCUT2D eigenvalue weighted by Crippen LogP contribution is -2.51. The standard InChI is InChI=1S/C29H34N4O7S/c1-6-26(29(35)30-4)31(18-22-10-7-20(2)8-11-22)28(34)19-32(23-12-14-24(40-5)15-13-23)41(38,39)25-16-9-21(3)27(17-25)33(36)37/h7-17,26H,6,18-19H2,1-5H3,(H,30,35). The predicted molar refractivity (Wildman–Crippen MR) is 155 cm³/mol. The van der Waals surface area contributed by atoms with Gasteiger partial charge in [0, 0.05) is 25.2 Å². The topological polar surface area (TPSA) is 139 Å². The summed E-state index contributed by atoms with van der Waals surface area (Å²) in [5.74, 6) is -0.543. The van der Waals surface area contributed by atoms with E-state index in [4.69, 9.17) is 4.74 Å². The Hall–Kier alpha value is -4.45. The zero-order valence-electron chi connectivity index (χ0n) is 23.7. The van der Waals surface area contributed by atoms with Crippen molar-refractivity contribution >= 4 is 33.2 Å². The lowest BCUT2D eigenvalue weighted by molar-refractivity contribution is -0.385. The number of rotatable bonds is 12. The third-order valence-electron chi connectivity index (χ3n) is 6.71. The van der Waals surface area contributed by atoms with Crippen molar-refractivity contribution in [2.45, 2.75) is 44.7 Å². The number of nitro benzene ring substituents is 1. The van der Waals surface area contributed by atoms with Gasteiger partial charge in [0.25, 0.3) is 15.7 Å². The summed E-state index contributed by atoms with van der Waals surface area (Å²) in [5.41, 5.74) is 1.86. The van der Waals surface area contributed by atoms with Crippen LogP contribution < -0.4 is 14.4 Å². The number of nitro groups is 1. The number of methoxy groups -OCH3 is 1. The molecule has 0 aliphatic rings. The van der Waals surface area contributed by atoms with Crippen LogP contribution in [0.15, 0.2) is 71.6 Å². The van der Waals surface area contributed by atoms with Crippen LogP contribution in [0.3, 0.4) is 0 Å². The molecule has 0 saturated heterocycles. The van der Waals surface area contributed by atoms with Crippen LogP contribution in [0.2, 0.25) is 0 Å². The van der Waals surface area contributed by atoms with Gasteiger partial charge in [0.05, 0.1) is 22.6 Å². The number of aryl methyl sites for hydroxylation is 2. The molecular formula is C29H34N4O7S. The van der Waals surface area contributed by atoms with Crippen LogP contribution in [0.1, 0.15) is 30.0 Å². The zero-order chi connectivity index (χ0) is 30.3. The molecule has 1 N–H and O–H groups in total. The first-order chi connectivity index (χ1) is 19.4. The number of hydrogen-bond acceptors (Lipinski definition) is 7. The summed E-state index contributed by atoms with van der Waals surface area (Å²) in [6.45, 7) is 4.61. The Morgan fingerprint density at radius 2 is 1.66 bits per heavy atom. The highest BCUT2D eigenvalue weighted by molar-refractivity contribution is 7.92. The molecule has 0 aromatic heterocycles. The lowest BCUT2D eigenvalue weighted by atomic mass is 10.1. The van der Waals surface area contributed by atoms with Gasteiger partial charge < -0.3 is 15.0 Å². The monoisotopic (exact) mass is 582 g/mol. The van der Waals surface area contributed by atoms with Gasteiger partial charge in [-0.15, -0.1) is 0 Å². The van der Waals surface area contributed by atoms with E-state index in [1.54, 1.807) is 19.1 Å². The minimum absolute atomic E-state index is 0.0670. The summed E-state index contributed by atoms with van der Waals surface area (Å²) in [6, 6.07) is 16.2. The third-order valence-corrected chi connectivity index (χ3v) is 8.48. The van der Waals surface area contributed by atoms with Gasteiger partial charge in [-0.3, -0.25) is 24.0 Å². The Morgan fingerprint density at radius 1 is 1.02 bits per heavy atom. The molecule has 0 fully saturated rings. The Kier molecular flexibility index (Phi) is 10.1. The molecule has 3 aromatic carbocycles. The summed E-state index contributed by atoms with van der Waals surface area (Å²) < 4.78 is 34.0. The third kappa shape index (κ3) is 7.20. The van der Waals surface area contributed by atoms with E-state index in [0.29, 0.717) is 11.3 Å². The van der Waals surface area contributed by atoms with Crippen LogP contribution in [0, 0.1) is 24.0 Å². The average molecular weight is 583 g/mol. The first kappa shape index (κ1) is 31.1. The fourth-order valence-electron chi connectivity index (χ4n) is 4.33. The van der Waals surface area contributed by atoms with E-state index in [-0.39, 0.29) is 35.1 Å². The van der Waals surface area contributed by atoms with Gasteiger partial charge in [0.2, 0.25) is 11.8 Å². The molecule has 3 aromatic rings. The Balaban J connectivity index is 2.11. The van der Waals surface area contributed by atoms with Gasteiger partial charge in [-0.25, -0.2) is 8.42 Å². The molecular weight excluding hydrogens is 548 g/mol. The molecule has 0 aliphatic carbocycles. The molecule has 0 saturated carbocycles. The number of likely N-dealkylation sites (N-methyl/N-ethyl adjacent to an activating group) is 1. The smallest absolute Gasteiger partial charge is 0.273 e. The summed E-state index contributed by atoms with van der Waals surface area (Å²) in [4.78, 5) is 38.7. The number of benzene rings is 3. The first-order valence-electron chi connectivity index (χ1n) is 12.9. The van der Waals surface area contributed by atoms with E-state index < -0.39 is 33.4 Å². The summed E-state index contributed by atoms with van der Waals surface area (Å²) in [7, 11) is -1.54. The van der Waals surface area contributed by atoms with Crippen molar-refractivity contribution in [3.63, 3.8) is 0 Å². The molecule has 0 radical (unpaired) electrons. The van der Waals surface area contributed by atoms with Crippen molar-refractivity contribution in [1.82, 2.24) is 10.2 Å². The van der Waals surface area contributed by atoms with Gasteiger partial charge in [-0.1, -0.05) is 42.8 Å². The highest BCUT2D eigenvalue weighted by Crippen LogP contribution is 2.29. The quantitative estimate of drug-likeness (QED) is 0.252. The number of nitrogens with zero attached hydrogens (tertiary/aromatic N) is 3. The Labute approximate surface area is 239 Å². The van der Waals surface area contributed by atoms with Crippen molar-refractivity contribution < 1.29 is 27.7 Å². The van der Waals surface area contributed by atoms with Gasteiger partial charge in [0.1, 0.15) is 18.3 Å². The molecule has 41 heavy (non-hydrogen) atoms. The van der Waals surface area contributed by atoms with Gasteiger partial charge in [0.15, 0.2) is 0 Å². The van der Waals surface area contributed by atoms with E-state index in [2.05, 4.69) is 5.32 Å². The number of nitrogens with one attached hydrogen (secondary N) is 1. The zero-order valence-corrected chi connectivity index (χ0v) is 24.5. The van der Waals surface area contributed by atoms with Crippen LogP contribution in [0.5, 0.6) is 5.75 Å². The lowest BCUT2D eigenvalue weighted by Gasteiger charge is -2.33. The number of ether oxygens (including phenoxy) is 1. The Bertz CT molecular complexity index is 1510. The molecule has 0 aliphatic heterocycles. The average Bonchev–Trinajstić information content (AvgIpc) is 2.96. The molecule has 12 heteroatoms. The number of sulfonamides is 1. The normalized spacial score (nSPS) is 11.8. The van der Waals surface area contributed by atoms with Crippen LogP contribution >= 0.6 is 0 Å². The number of carbonyl (C=O) groups excluding carboxylic acids is 2. The Morgan fingerprint density at radius 3 is 2.20 bits per heavy atom. The number of amides is 2. The van der Waals surface area contributed by atoms with Crippen LogP contribution in [-0.4, -0.2) is 56.8 Å². The highest BCUT2D eigenvalue weighted by atomic mass is 32.2. The van der Waals surface area contributed by atoms with Gasteiger partial charge >= 0.3 is 0 Å². The van der Waals surface area contributed by atoms with Crippen molar-refractivity contribution in [3.8, 4) is 5.75 Å². The fraction of sp³-hybridized carbons (Fsp3) is 0.310. The molecule has 11 nitrogen and oxygen atoms in total. The minimum atomic E-state index is -4.47. The van der Waals surface area contributed by atoms with E-state index in [1.807, 2.05) is 31.2 Å². The molecule has 1 atom stereocenters. The van der Waals surface area contributed by atoms with E-state index in [9.17, 15) is 28.1 Å². The number of anilines is 1. The molecule has 0 spiro atoms. The van der Waals surface area contributed by atoms with E-state index >= 15 is 0 Å². The second kappa shape index (κ2) is 13.3. The first-order valence-corrected chi connectivity index (χ1v) is 14.3. The molecule has 218 valence electrons. The molecule has 0 heterocycles. The minimum Gasteiger partial charge on any atom is -0.497 e. The largest absolute Gasteiger partial charge is 0.497 e. The van der Waals surface area contributed by atoms with Gasteiger partial charge in [-0.05, 0) is 56.2 Å². The second-order valence-electron chi connectivity index (χ2n) is 9.46. The molecule has 3 rings (SSSR count). The van der Waals surface area contributed by atoms with Crippen molar-refractivity contribution in [2.24, 2.45) is 0 Å². The maximum Gasteiger partial charge on any atom is 0.273 e. The van der Waals surface area contributed by atoms with Crippen molar-refractivity contribution in [2.75, 3.05) is 25.0 Å². The molecule has 1 unspecified atom stereocenters. The second-order valence-corrected chi connectivity index (χ2v) is 11.3. The van der Waals surface area contributed by atoms with Gasteiger partial charge in [-0.2, -0.15) is 0 Å². The summed E-state index contributed by atoms with van der Waals surface area (Å²) in [6.07, 6.45) is 0.288. The maximum atomic E-state index is 14.0. The summed E-state index contributed by atoms with van der Waals surface area (Å²) >= 11 is 0. The SMILES string of the molecule is CCC(C(=O)NC)N(Cc1ccc(C)cc1)C(=O)CN(c1ccc(OC)cc1)S(=O)(=O)c1ccc(C)c([N+](=O)[O-])c1. The van der Waals surface area contributed by atoms with Crippen LogP contribution in [0.25, 0.3) is 0 Å². The fourth-order valence-corrected chi connectivity index (χ4v) is 5.76. The maximum absolute atomic E-state index is 14.0. The summed E-state index contributed by atoms with van der Waals surface area (Å²) in [5, 5.41) is 14.1. The number of hydrogen-bond donors (Lipinski definition) is 1. The van der Waals surface area contributed by atoms with Crippen LogP contribution in [0.4, 0.5) is 11.4 Å².